The molecule has 0 aliphatic rings. The van der Waals surface area contributed by atoms with E-state index in [4.69, 9.17) is 9.47 Å². The zero-order chi connectivity index (χ0) is 9.23. The molecule has 0 heterocycles. The largest absolute Gasteiger partial charge is 0.382 e. The van der Waals surface area contributed by atoms with Gasteiger partial charge < -0.3 is 9.47 Å². The van der Waals surface area contributed by atoms with Crippen LogP contribution in [0.15, 0.2) is 0 Å². The van der Waals surface area contributed by atoms with Crippen LogP contribution in [0, 0.1) is 0 Å². The second-order valence-electron chi connectivity index (χ2n) is 2.50. The first-order valence-electron chi connectivity index (χ1n) is 4.55. The smallest absolute Gasteiger partial charge is 0.131 e. The Labute approximate surface area is 79.0 Å². The molecule has 0 saturated heterocycles. The van der Waals surface area contributed by atoms with Gasteiger partial charge in [-0.25, -0.2) is 0 Å². The molecule has 0 aromatic rings. The number of hydrogen-bond acceptors (Lipinski definition) is 2. The van der Waals surface area contributed by atoms with Gasteiger partial charge in [0.1, 0.15) is 17.3 Å². The van der Waals surface area contributed by atoms with E-state index in [0.29, 0.717) is 17.5 Å². The van der Waals surface area contributed by atoms with Gasteiger partial charge in [-0.3, -0.25) is 0 Å². The SMILES string of the molecule is CC[S+](CC)CCOCCOC. The third-order valence-electron chi connectivity index (χ3n) is 1.76. The summed E-state index contributed by atoms with van der Waals surface area (Å²) in [5.41, 5.74) is 0. The van der Waals surface area contributed by atoms with Crippen LogP contribution in [-0.4, -0.2) is 44.2 Å². The lowest BCUT2D eigenvalue weighted by atomic mass is 10.7. The molecule has 0 aromatic carbocycles. The van der Waals surface area contributed by atoms with Gasteiger partial charge in [-0.15, -0.1) is 0 Å². The topological polar surface area (TPSA) is 18.5 Å². The van der Waals surface area contributed by atoms with Gasteiger partial charge in [0.25, 0.3) is 0 Å². The average Bonchev–Trinajstić information content (AvgIpc) is 2.11. The summed E-state index contributed by atoms with van der Waals surface area (Å²) in [4.78, 5) is 0. The Kier molecular flexibility index (Phi) is 9.57. The van der Waals surface area contributed by atoms with E-state index < -0.39 is 0 Å². The van der Waals surface area contributed by atoms with Crippen molar-refractivity contribution in [1.82, 2.24) is 0 Å². The summed E-state index contributed by atoms with van der Waals surface area (Å²) in [7, 11) is 2.29. The van der Waals surface area contributed by atoms with Crippen LogP contribution in [0.4, 0.5) is 0 Å². The molecule has 0 aromatic heterocycles. The molecule has 0 amide bonds. The summed E-state index contributed by atoms with van der Waals surface area (Å²) in [6.45, 7) is 6.85. The maximum absolute atomic E-state index is 5.39. The van der Waals surface area contributed by atoms with Crippen LogP contribution in [0.25, 0.3) is 0 Å². The number of ether oxygens (including phenoxy) is 2. The molecule has 0 aliphatic carbocycles. The molecule has 0 aliphatic heterocycles. The van der Waals surface area contributed by atoms with Crippen molar-refractivity contribution in [2.45, 2.75) is 13.8 Å². The molecule has 0 spiro atoms. The second kappa shape index (κ2) is 9.36. The predicted octanol–water partition coefficient (Wildman–Crippen LogP) is 1.31. The van der Waals surface area contributed by atoms with E-state index in [1.165, 1.54) is 17.3 Å². The van der Waals surface area contributed by atoms with E-state index in [2.05, 4.69) is 13.8 Å². The maximum Gasteiger partial charge on any atom is 0.131 e. The Hall–Kier alpha value is 0.270. The van der Waals surface area contributed by atoms with Crippen molar-refractivity contribution >= 4 is 10.9 Å². The van der Waals surface area contributed by atoms with Gasteiger partial charge in [0, 0.05) is 7.11 Å². The quantitative estimate of drug-likeness (QED) is 0.427. The Morgan fingerprint density at radius 1 is 1.00 bits per heavy atom. The molecular formula is C9H21O2S+. The van der Waals surface area contributed by atoms with E-state index in [0.717, 1.165) is 13.2 Å². The van der Waals surface area contributed by atoms with E-state index in [9.17, 15) is 0 Å². The van der Waals surface area contributed by atoms with E-state index >= 15 is 0 Å². The average molecular weight is 193 g/mol. The van der Waals surface area contributed by atoms with Crippen LogP contribution in [0.2, 0.25) is 0 Å². The highest BCUT2D eigenvalue weighted by Gasteiger charge is 2.10. The zero-order valence-corrected chi connectivity index (χ0v) is 9.28. The summed E-state index contributed by atoms with van der Waals surface area (Å²) in [6, 6.07) is 0. The van der Waals surface area contributed by atoms with Crippen molar-refractivity contribution in [2.75, 3.05) is 44.2 Å². The summed E-state index contributed by atoms with van der Waals surface area (Å²) in [5.74, 6) is 3.81. The number of rotatable bonds is 8. The van der Waals surface area contributed by atoms with Gasteiger partial charge >= 0.3 is 0 Å². The molecule has 74 valence electrons. The fraction of sp³-hybridized carbons (Fsp3) is 1.00. The third-order valence-corrected chi connectivity index (χ3v) is 4.14. The fourth-order valence-corrected chi connectivity index (χ4v) is 2.25. The van der Waals surface area contributed by atoms with E-state index in [1.54, 1.807) is 7.11 Å². The van der Waals surface area contributed by atoms with Crippen LogP contribution in [-0.2, 0) is 20.4 Å². The highest BCUT2D eigenvalue weighted by Crippen LogP contribution is 1.95. The Bertz CT molecular complexity index is 84.6. The van der Waals surface area contributed by atoms with Gasteiger partial charge in [-0.1, -0.05) is 0 Å². The monoisotopic (exact) mass is 193 g/mol. The molecule has 0 N–H and O–H groups in total. The van der Waals surface area contributed by atoms with Crippen molar-refractivity contribution in [3.05, 3.63) is 0 Å². The Morgan fingerprint density at radius 3 is 2.17 bits per heavy atom. The molecule has 0 unspecified atom stereocenters. The number of hydrogen-bond donors (Lipinski definition) is 0. The summed E-state index contributed by atoms with van der Waals surface area (Å²) in [5, 5.41) is 0. The number of methoxy groups -OCH3 is 1. The van der Waals surface area contributed by atoms with Crippen molar-refractivity contribution in [1.29, 1.82) is 0 Å². The van der Waals surface area contributed by atoms with Gasteiger partial charge in [0.15, 0.2) is 0 Å². The van der Waals surface area contributed by atoms with Gasteiger partial charge in [0.2, 0.25) is 0 Å². The molecule has 0 atom stereocenters. The molecule has 12 heavy (non-hydrogen) atoms. The van der Waals surface area contributed by atoms with Crippen molar-refractivity contribution in [2.24, 2.45) is 0 Å². The highest BCUT2D eigenvalue weighted by molar-refractivity contribution is 7.96. The highest BCUT2D eigenvalue weighted by atomic mass is 32.2. The molecular weight excluding hydrogens is 172 g/mol. The first-order valence-corrected chi connectivity index (χ1v) is 6.29. The minimum atomic E-state index is 0.590. The zero-order valence-electron chi connectivity index (χ0n) is 8.47. The summed E-state index contributed by atoms with van der Waals surface area (Å²) < 4.78 is 10.3. The van der Waals surface area contributed by atoms with E-state index in [1.807, 2.05) is 0 Å². The Morgan fingerprint density at radius 2 is 1.67 bits per heavy atom. The van der Waals surface area contributed by atoms with Crippen LogP contribution in [0.5, 0.6) is 0 Å². The first kappa shape index (κ1) is 12.3. The molecule has 0 saturated carbocycles. The standard InChI is InChI=1S/C9H21O2S/c1-4-12(5-2)9-8-11-7-6-10-3/h4-9H2,1-3H3/q+1. The maximum atomic E-state index is 5.39. The molecule has 0 bridgehead atoms. The molecule has 0 radical (unpaired) electrons. The third kappa shape index (κ3) is 6.95. The van der Waals surface area contributed by atoms with Gasteiger partial charge in [0.05, 0.1) is 19.8 Å². The molecule has 0 rings (SSSR count). The van der Waals surface area contributed by atoms with Gasteiger partial charge in [-0.2, -0.15) is 0 Å². The normalized spacial score (nSPS) is 11.0. The molecule has 3 heteroatoms. The van der Waals surface area contributed by atoms with Crippen LogP contribution in [0.3, 0.4) is 0 Å². The first-order chi connectivity index (χ1) is 5.85. The minimum absolute atomic E-state index is 0.590. The summed E-state index contributed by atoms with van der Waals surface area (Å²) in [6.07, 6.45) is 0. The van der Waals surface area contributed by atoms with Crippen molar-refractivity contribution < 1.29 is 9.47 Å². The lowest BCUT2D eigenvalue weighted by Gasteiger charge is -2.04. The Balaban J connectivity index is 3.06. The van der Waals surface area contributed by atoms with Crippen LogP contribution >= 0.6 is 0 Å². The van der Waals surface area contributed by atoms with Crippen molar-refractivity contribution in [3.63, 3.8) is 0 Å². The van der Waals surface area contributed by atoms with Crippen molar-refractivity contribution in [3.8, 4) is 0 Å². The minimum Gasteiger partial charge on any atom is -0.382 e. The predicted molar refractivity (Wildman–Crippen MR) is 56.0 cm³/mol. The summed E-state index contributed by atoms with van der Waals surface area (Å²) >= 11 is 0. The second-order valence-corrected chi connectivity index (χ2v) is 5.29. The van der Waals surface area contributed by atoms with Crippen LogP contribution in [0.1, 0.15) is 13.8 Å². The van der Waals surface area contributed by atoms with Crippen LogP contribution < -0.4 is 0 Å². The van der Waals surface area contributed by atoms with E-state index in [-0.39, 0.29) is 0 Å². The van der Waals surface area contributed by atoms with Gasteiger partial charge in [-0.05, 0) is 24.7 Å². The fourth-order valence-electron chi connectivity index (χ4n) is 0.914. The molecule has 0 fully saturated rings. The lowest BCUT2D eigenvalue weighted by molar-refractivity contribution is 0.0788. The molecule has 2 nitrogen and oxygen atoms in total. The lowest BCUT2D eigenvalue weighted by Crippen LogP contribution is -2.18.